The van der Waals surface area contributed by atoms with Crippen LogP contribution in [0.3, 0.4) is 0 Å². The molecule has 0 radical (unpaired) electrons. The number of fused-ring (bicyclic) bond motifs is 1. The molecule has 2 aliphatic rings. The molecular weight excluding hydrogens is 439 g/mol. The first-order valence-electron chi connectivity index (χ1n) is 8.73. The SMILES string of the molecule is O=C(COc1ccc(Cl)cc1)N=C1S[C@H]2CS(=O)(=O)C[C@@H]2N1c1ccccc1F. The Bertz CT molecular complexity index is 1080. The fourth-order valence-corrected chi connectivity index (χ4v) is 7.36. The van der Waals surface area contributed by atoms with Crippen molar-refractivity contribution in [1.29, 1.82) is 0 Å². The number of carbonyl (C=O) groups excluding carboxylic acids is 1. The summed E-state index contributed by atoms with van der Waals surface area (Å²) in [6.45, 7) is -0.301. The summed E-state index contributed by atoms with van der Waals surface area (Å²) in [7, 11) is -3.22. The van der Waals surface area contributed by atoms with Crippen molar-refractivity contribution in [1.82, 2.24) is 0 Å². The monoisotopic (exact) mass is 454 g/mol. The van der Waals surface area contributed by atoms with Crippen LogP contribution >= 0.6 is 23.4 Å². The summed E-state index contributed by atoms with van der Waals surface area (Å²) < 4.78 is 43.9. The van der Waals surface area contributed by atoms with E-state index in [1.165, 1.54) is 22.7 Å². The van der Waals surface area contributed by atoms with Gasteiger partial charge >= 0.3 is 0 Å². The van der Waals surface area contributed by atoms with Gasteiger partial charge in [-0.2, -0.15) is 4.99 Å². The third-order valence-corrected chi connectivity index (χ3v) is 8.04. The topological polar surface area (TPSA) is 76.0 Å². The van der Waals surface area contributed by atoms with Crippen molar-refractivity contribution in [3.05, 3.63) is 59.4 Å². The molecule has 10 heteroatoms. The van der Waals surface area contributed by atoms with E-state index in [4.69, 9.17) is 16.3 Å². The number of amidine groups is 1. The molecule has 2 aromatic rings. The van der Waals surface area contributed by atoms with Gasteiger partial charge in [0, 0.05) is 10.3 Å². The lowest BCUT2D eigenvalue weighted by molar-refractivity contribution is -0.119. The number of nitrogens with zero attached hydrogens (tertiary/aromatic N) is 2. The Kier molecular flexibility index (Phi) is 5.54. The number of ether oxygens (including phenoxy) is 1. The number of halogens is 2. The average molecular weight is 455 g/mol. The molecule has 29 heavy (non-hydrogen) atoms. The third-order valence-electron chi connectivity index (χ3n) is 4.57. The van der Waals surface area contributed by atoms with Gasteiger partial charge < -0.3 is 9.64 Å². The summed E-state index contributed by atoms with van der Waals surface area (Å²) in [5.74, 6) is -0.715. The van der Waals surface area contributed by atoms with Gasteiger partial charge in [-0.1, -0.05) is 35.5 Å². The molecule has 2 atom stereocenters. The second-order valence-corrected chi connectivity index (χ2v) is 10.4. The fourth-order valence-electron chi connectivity index (χ4n) is 3.31. The van der Waals surface area contributed by atoms with E-state index in [0.717, 1.165) is 0 Å². The third kappa shape index (κ3) is 4.41. The highest BCUT2D eigenvalue weighted by Crippen LogP contribution is 2.41. The predicted octanol–water partition coefficient (Wildman–Crippen LogP) is 3.16. The smallest absolute Gasteiger partial charge is 0.285 e. The summed E-state index contributed by atoms with van der Waals surface area (Å²) in [4.78, 5) is 18.0. The zero-order chi connectivity index (χ0) is 20.6. The maximum atomic E-state index is 14.4. The van der Waals surface area contributed by atoms with Crippen LogP contribution in [0.2, 0.25) is 5.02 Å². The lowest BCUT2D eigenvalue weighted by Crippen LogP contribution is -2.38. The van der Waals surface area contributed by atoms with Crippen molar-refractivity contribution >= 4 is 50.0 Å². The van der Waals surface area contributed by atoms with E-state index in [0.29, 0.717) is 10.8 Å². The van der Waals surface area contributed by atoms with Gasteiger partial charge in [0.25, 0.3) is 5.91 Å². The minimum atomic E-state index is -3.22. The van der Waals surface area contributed by atoms with Crippen LogP contribution in [0.5, 0.6) is 5.75 Å². The Morgan fingerprint density at radius 2 is 1.93 bits per heavy atom. The first kappa shape index (κ1) is 20.2. The van der Waals surface area contributed by atoms with Crippen molar-refractivity contribution in [2.24, 2.45) is 4.99 Å². The predicted molar refractivity (Wildman–Crippen MR) is 112 cm³/mol. The maximum Gasteiger partial charge on any atom is 0.285 e. The molecule has 2 saturated heterocycles. The van der Waals surface area contributed by atoms with Gasteiger partial charge in [-0.3, -0.25) is 4.79 Å². The van der Waals surface area contributed by atoms with Gasteiger partial charge in [0.2, 0.25) is 0 Å². The van der Waals surface area contributed by atoms with Gasteiger partial charge in [0.15, 0.2) is 21.6 Å². The Morgan fingerprint density at radius 1 is 1.21 bits per heavy atom. The van der Waals surface area contributed by atoms with Crippen LogP contribution in [-0.4, -0.2) is 48.9 Å². The number of aliphatic imine (C=N–C) groups is 1. The molecule has 2 aliphatic heterocycles. The van der Waals surface area contributed by atoms with E-state index in [-0.39, 0.29) is 34.2 Å². The van der Waals surface area contributed by atoms with Crippen molar-refractivity contribution in [3.63, 3.8) is 0 Å². The summed E-state index contributed by atoms with van der Waals surface area (Å²) >= 11 is 7.00. The van der Waals surface area contributed by atoms with Crippen molar-refractivity contribution in [2.45, 2.75) is 11.3 Å². The van der Waals surface area contributed by atoms with Crippen LogP contribution in [-0.2, 0) is 14.6 Å². The molecule has 6 nitrogen and oxygen atoms in total. The Balaban J connectivity index is 1.57. The van der Waals surface area contributed by atoms with E-state index in [9.17, 15) is 17.6 Å². The van der Waals surface area contributed by atoms with Gasteiger partial charge in [-0.05, 0) is 36.4 Å². The van der Waals surface area contributed by atoms with Crippen LogP contribution < -0.4 is 9.64 Å². The van der Waals surface area contributed by atoms with Gasteiger partial charge in [0.05, 0.1) is 23.2 Å². The highest BCUT2D eigenvalue weighted by molar-refractivity contribution is 8.16. The molecule has 2 fully saturated rings. The number of sulfone groups is 1. The fraction of sp³-hybridized carbons (Fsp3) is 0.263. The molecule has 1 amide bonds. The standard InChI is InChI=1S/C19H16ClFN2O4S2/c20-12-5-7-13(8-6-12)27-9-18(24)22-19-23(15-4-2-1-3-14(15)21)16-10-29(25,26)11-17(16)28-19/h1-8,16-17H,9-11H2/t16-,17-/m0/s1. The lowest BCUT2D eigenvalue weighted by atomic mass is 10.2. The number of anilines is 1. The molecule has 0 N–H and O–H groups in total. The van der Waals surface area contributed by atoms with E-state index in [1.807, 2.05) is 0 Å². The van der Waals surface area contributed by atoms with Crippen molar-refractivity contribution < 1.29 is 22.3 Å². The number of para-hydroxylation sites is 1. The first-order chi connectivity index (χ1) is 13.8. The second-order valence-electron chi connectivity index (χ2n) is 6.65. The molecule has 2 aromatic carbocycles. The molecular formula is C19H16ClFN2O4S2. The molecule has 152 valence electrons. The van der Waals surface area contributed by atoms with E-state index in [2.05, 4.69) is 4.99 Å². The highest BCUT2D eigenvalue weighted by Gasteiger charge is 2.49. The van der Waals surface area contributed by atoms with Crippen LogP contribution in [0.15, 0.2) is 53.5 Å². The second kappa shape index (κ2) is 7.97. The van der Waals surface area contributed by atoms with Gasteiger partial charge in [-0.25, -0.2) is 12.8 Å². The molecule has 0 aliphatic carbocycles. The maximum absolute atomic E-state index is 14.4. The Hall–Kier alpha value is -2.10. The van der Waals surface area contributed by atoms with Gasteiger partial charge in [0.1, 0.15) is 11.6 Å². The molecule has 0 aromatic heterocycles. The Morgan fingerprint density at radius 3 is 2.66 bits per heavy atom. The summed E-state index contributed by atoms with van der Waals surface area (Å²) in [6, 6.07) is 12.1. The summed E-state index contributed by atoms with van der Waals surface area (Å²) in [5, 5.41) is 0.529. The quantitative estimate of drug-likeness (QED) is 0.706. The van der Waals surface area contributed by atoms with Crippen LogP contribution in [0.1, 0.15) is 0 Å². The molecule has 0 bridgehead atoms. The van der Waals surface area contributed by atoms with Crippen LogP contribution in [0, 0.1) is 5.82 Å². The molecule has 4 rings (SSSR count). The van der Waals surface area contributed by atoms with Gasteiger partial charge in [-0.15, -0.1) is 0 Å². The zero-order valence-electron chi connectivity index (χ0n) is 15.0. The lowest BCUT2D eigenvalue weighted by Gasteiger charge is -2.24. The van der Waals surface area contributed by atoms with Crippen LogP contribution in [0.4, 0.5) is 10.1 Å². The van der Waals surface area contributed by atoms with Crippen LogP contribution in [0.25, 0.3) is 0 Å². The molecule has 0 saturated carbocycles. The Labute approximate surface area is 176 Å². The average Bonchev–Trinajstić information content (AvgIpc) is 3.13. The minimum absolute atomic E-state index is 0.0260. The number of rotatable bonds is 4. The number of hydrogen-bond acceptors (Lipinski definition) is 5. The zero-order valence-corrected chi connectivity index (χ0v) is 17.4. The normalized spacial score (nSPS) is 23.9. The van der Waals surface area contributed by atoms with E-state index < -0.39 is 27.6 Å². The largest absolute Gasteiger partial charge is 0.484 e. The molecule has 0 spiro atoms. The molecule has 2 heterocycles. The van der Waals surface area contributed by atoms with E-state index >= 15 is 0 Å². The number of hydrogen-bond donors (Lipinski definition) is 0. The number of benzene rings is 2. The number of amides is 1. The van der Waals surface area contributed by atoms with Crippen molar-refractivity contribution in [2.75, 3.05) is 23.0 Å². The molecule has 0 unspecified atom stereocenters. The van der Waals surface area contributed by atoms with E-state index in [1.54, 1.807) is 42.5 Å². The summed E-state index contributed by atoms with van der Waals surface area (Å²) in [6.07, 6.45) is 0. The summed E-state index contributed by atoms with van der Waals surface area (Å²) in [5.41, 5.74) is 0.203. The highest BCUT2D eigenvalue weighted by atomic mass is 35.5. The number of carbonyl (C=O) groups is 1. The minimum Gasteiger partial charge on any atom is -0.484 e. The first-order valence-corrected chi connectivity index (χ1v) is 11.8. The van der Waals surface area contributed by atoms with Crippen molar-refractivity contribution in [3.8, 4) is 5.75 Å². The number of thioether (sulfide) groups is 1.